The van der Waals surface area contributed by atoms with Gasteiger partial charge >= 0.3 is 0 Å². The normalized spacial score (nSPS) is 11.5. The van der Waals surface area contributed by atoms with Crippen LogP contribution in [0.2, 0.25) is 0 Å². The van der Waals surface area contributed by atoms with E-state index in [1.807, 2.05) is 0 Å². The summed E-state index contributed by atoms with van der Waals surface area (Å²) in [4.78, 5) is -0.288. The van der Waals surface area contributed by atoms with Gasteiger partial charge in [0.2, 0.25) is 0 Å². The lowest BCUT2D eigenvalue weighted by molar-refractivity contribution is 0.483. The number of hydrogen-bond acceptors (Lipinski definition) is 2. The molecule has 0 saturated heterocycles. The maximum absolute atomic E-state index is 13.3. The van der Waals surface area contributed by atoms with Crippen molar-refractivity contribution in [2.45, 2.75) is 11.8 Å². The van der Waals surface area contributed by atoms with Gasteiger partial charge in [-0.25, -0.2) is 8.78 Å². The standard InChI is InChI=1S/C19H14F2O3S/c1-12-2-11-17(25(22,23)24)19(14-5-9-16(21)10-6-14)18(12)13-3-7-15(20)8-4-13/h2-11H,1H3,(H,22,23,24). The molecule has 3 nitrogen and oxygen atoms in total. The first-order chi connectivity index (χ1) is 11.8. The highest BCUT2D eigenvalue weighted by Crippen LogP contribution is 2.39. The van der Waals surface area contributed by atoms with Gasteiger partial charge in [-0.05, 0) is 59.5 Å². The monoisotopic (exact) mass is 360 g/mol. The third-order valence-corrected chi connectivity index (χ3v) is 4.82. The zero-order valence-electron chi connectivity index (χ0n) is 13.2. The van der Waals surface area contributed by atoms with E-state index in [1.165, 1.54) is 54.6 Å². The van der Waals surface area contributed by atoms with Crippen LogP contribution in [0, 0.1) is 18.6 Å². The van der Waals surface area contributed by atoms with Crippen LogP contribution in [0.25, 0.3) is 22.3 Å². The molecule has 25 heavy (non-hydrogen) atoms. The zero-order chi connectivity index (χ0) is 18.2. The molecule has 0 bridgehead atoms. The van der Waals surface area contributed by atoms with Gasteiger partial charge in [-0.1, -0.05) is 30.3 Å². The van der Waals surface area contributed by atoms with Crippen LogP contribution in [0.3, 0.4) is 0 Å². The van der Waals surface area contributed by atoms with Crippen LogP contribution >= 0.6 is 0 Å². The van der Waals surface area contributed by atoms with E-state index in [9.17, 15) is 21.8 Å². The quantitative estimate of drug-likeness (QED) is 0.679. The van der Waals surface area contributed by atoms with E-state index in [2.05, 4.69) is 0 Å². The molecular formula is C19H14F2O3S. The van der Waals surface area contributed by atoms with Crippen LogP contribution in [-0.2, 0) is 10.1 Å². The summed E-state index contributed by atoms with van der Waals surface area (Å²) in [6.07, 6.45) is 0. The van der Waals surface area contributed by atoms with Gasteiger partial charge in [0.1, 0.15) is 16.5 Å². The van der Waals surface area contributed by atoms with E-state index >= 15 is 0 Å². The highest BCUT2D eigenvalue weighted by atomic mass is 32.2. The molecule has 0 amide bonds. The minimum Gasteiger partial charge on any atom is -0.282 e. The maximum Gasteiger partial charge on any atom is 0.295 e. The van der Waals surface area contributed by atoms with Crippen molar-refractivity contribution in [1.29, 1.82) is 0 Å². The molecule has 6 heteroatoms. The average Bonchev–Trinajstić information content (AvgIpc) is 2.55. The molecule has 0 radical (unpaired) electrons. The van der Waals surface area contributed by atoms with Crippen LogP contribution in [0.15, 0.2) is 65.6 Å². The van der Waals surface area contributed by atoms with Gasteiger partial charge < -0.3 is 0 Å². The van der Waals surface area contributed by atoms with Gasteiger partial charge in [0.05, 0.1) is 0 Å². The molecule has 3 aromatic carbocycles. The van der Waals surface area contributed by atoms with Crippen molar-refractivity contribution < 1.29 is 21.8 Å². The van der Waals surface area contributed by atoms with E-state index in [-0.39, 0.29) is 10.5 Å². The lowest BCUT2D eigenvalue weighted by Gasteiger charge is -2.17. The van der Waals surface area contributed by atoms with Crippen molar-refractivity contribution in [2.75, 3.05) is 0 Å². The Kier molecular flexibility index (Phi) is 4.41. The van der Waals surface area contributed by atoms with Gasteiger partial charge in [-0.2, -0.15) is 8.42 Å². The third kappa shape index (κ3) is 3.45. The molecule has 0 spiro atoms. The predicted octanol–water partition coefficient (Wildman–Crippen LogP) is 4.85. The molecule has 0 fully saturated rings. The first-order valence-corrected chi connectivity index (χ1v) is 8.84. The summed E-state index contributed by atoms with van der Waals surface area (Å²) >= 11 is 0. The lowest BCUT2D eigenvalue weighted by atomic mass is 9.91. The fraction of sp³-hybridized carbons (Fsp3) is 0.0526. The zero-order valence-corrected chi connectivity index (χ0v) is 14.0. The Morgan fingerprint density at radius 2 is 1.16 bits per heavy atom. The Balaban J connectivity index is 2.41. The Labute approximate surface area is 144 Å². The molecule has 3 rings (SSSR count). The van der Waals surface area contributed by atoms with Crippen LogP contribution in [0.1, 0.15) is 5.56 Å². The second-order valence-corrected chi connectivity index (χ2v) is 7.01. The summed E-state index contributed by atoms with van der Waals surface area (Å²) in [5.74, 6) is -0.885. The lowest BCUT2D eigenvalue weighted by Crippen LogP contribution is -2.03. The number of hydrogen-bond donors (Lipinski definition) is 1. The number of aryl methyl sites for hydroxylation is 1. The Hall–Kier alpha value is -2.57. The van der Waals surface area contributed by atoms with Gasteiger partial charge in [0, 0.05) is 5.56 Å². The number of rotatable bonds is 3. The third-order valence-electron chi connectivity index (χ3n) is 3.92. The minimum atomic E-state index is -4.51. The van der Waals surface area contributed by atoms with Gasteiger partial charge in [-0.3, -0.25) is 4.55 Å². The SMILES string of the molecule is Cc1ccc(S(=O)(=O)O)c(-c2ccc(F)cc2)c1-c1ccc(F)cc1. The summed E-state index contributed by atoms with van der Waals surface area (Å²) in [7, 11) is -4.51. The Morgan fingerprint density at radius 1 is 0.720 bits per heavy atom. The molecule has 0 saturated carbocycles. The Bertz CT molecular complexity index is 1030. The molecule has 0 aliphatic rings. The minimum absolute atomic E-state index is 0.245. The predicted molar refractivity (Wildman–Crippen MR) is 91.8 cm³/mol. The van der Waals surface area contributed by atoms with Crippen molar-refractivity contribution >= 4 is 10.1 Å². The fourth-order valence-corrected chi connectivity index (χ4v) is 3.51. The van der Waals surface area contributed by atoms with Crippen molar-refractivity contribution in [3.8, 4) is 22.3 Å². The van der Waals surface area contributed by atoms with Crippen LogP contribution in [0.4, 0.5) is 8.78 Å². The first-order valence-electron chi connectivity index (χ1n) is 7.40. The van der Waals surface area contributed by atoms with Gasteiger partial charge in [0.15, 0.2) is 0 Å². The molecule has 1 N–H and O–H groups in total. The summed E-state index contributed by atoms with van der Waals surface area (Å²) in [6.45, 7) is 1.78. The van der Waals surface area contributed by atoms with Gasteiger partial charge in [0.25, 0.3) is 10.1 Å². The van der Waals surface area contributed by atoms with Gasteiger partial charge in [-0.15, -0.1) is 0 Å². The van der Waals surface area contributed by atoms with E-state index in [4.69, 9.17) is 0 Å². The topological polar surface area (TPSA) is 54.4 Å². The molecule has 0 aromatic heterocycles. The van der Waals surface area contributed by atoms with Crippen molar-refractivity contribution in [1.82, 2.24) is 0 Å². The molecule has 0 aliphatic heterocycles. The summed E-state index contributed by atoms with van der Waals surface area (Å²) in [6, 6.07) is 13.7. The second-order valence-electron chi connectivity index (χ2n) is 5.62. The molecule has 128 valence electrons. The van der Waals surface area contributed by atoms with Crippen LogP contribution in [-0.4, -0.2) is 13.0 Å². The van der Waals surface area contributed by atoms with E-state index in [0.29, 0.717) is 16.7 Å². The summed E-state index contributed by atoms with van der Waals surface area (Å²) in [5.41, 5.74) is 2.52. The number of halogens is 2. The molecule has 0 aliphatic carbocycles. The molecule has 3 aromatic rings. The fourth-order valence-electron chi connectivity index (χ4n) is 2.79. The van der Waals surface area contributed by atoms with Crippen molar-refractivity contribution in [2.24, 2.45) is 0 Å². The first kappa shape index (κ1) is 17.3. The molecule has 0 unspecified atom stereocenters. The molecule has 0 atom stereocenters. The highest BCUT2D eigenvalue weighted by molar-refractivity contribution is 7.86. The van der Waals surface area contributed by atoms with Crippen molar-refractivity contribution in [3.05, 3.63) is 77.9 Å². The molecular weight excluding hydrogens is 346 g/mol. The highest BCUT2D eigenvalue weighted by Gasteiger charge is 2.22. The average molecular weight is 360 g/mol. The smallest absolute Gasteiger partial charge is 0.282 e. The van der Waals surface area contributed by atoms with E-state index in [0.717, 1.165) is 5.56 Å². The number of benzene rings is 3. The Morgan fingerprint density at radius 3 is 1.60 bits per heavy atom. The van der Waals surface area contributed by atoms with Crippen LogP contribution < -0.4 is 0 Å². The summed E-state index contributed by atoms with van der Waals surface area (Å²) < 4.78 is 59.9. The largest absolute Gasteiger partial charge is 0.295 e. The van der Waals surface area contributed by atoms with E-state index < -0.39 is 21.8 Å². The second kappa shape index (κ2) is 6.38. The summed E-state index contributed by atoms with van der Waals surface area (Å²) in [5, 5.41) is 0. The van der Waals surface area contributed by atoms with E-state index in [1.54, 1.807) is 13.0 Å². The van der Waals surface area contributed by atoms with Crippen molar-refractivity contribution in [3.63, 3.8) is 0 Å². The maximum atomic E-state index is 13.3. The molecule has 0 heterocycles. The van der Waals surface area contributed by atoms with Crippen LogP contribution in [0.5, 0.6) is 0 Å².